The van der Waals surface area contributed by atoms with Crippen molar-refractivity contribution in [3.05, 3.63) is 54.1 Å². The smallest absolute Gasteiger partial charge is 0.238 e. The number of nitrogens with two attached hydrogens (primary N) is 1. The zero-order valence-electron chi connectivity index (χ0n) is 17.3. The molecule has 1 aliphatic rings. The van der Waals surface area contributed by atoms with Gasteiger partial charge < -0.3 is 20.3 Å². The van der Waals surface area contributed by atoms with Crippen molar-refractivity contribution in [1.82, 2.24) is 10.6 Å². The maximum absolute atomic E-state index is 11.6. The summed E-state index contributed by atoms with van der Waals surface area (Å²) in [7, 11) is -2.04. The molecule has 1 aliphatic heterocycles. The molecule has 1 fully saturated rings. The second-order valence-electron chi connectivity index (χ2n) is 7.14. The summed E-state index contributed by atoms with van der Waals surface area (Å²) in [6.07, 6.45) is 0.976. The number of primary sulfonamides is 1. The predicted molar refractivity (Wildman–Crippen MR) is 119 cm³/mol. The first-order chi connectivity index (χ1) is 14.4. The van der Waals surface area contributed by atoms with E-state index in [4.69, 9.17) is 9.88 Å². The number of sulfonamides is 1. The lowest BCUT2D eigenvalue weighted by Gasteiger charge is -2.22. The van der Waals surface area contributed by atoms with Gasteiger partial charge in [0, 0.05) is 25.7 Å². The molecule has 2 aromatic carbocycles. The third kappa shape index (κ3) is 5.64. The summed E-state index contributed by atoms with van der Waals surface area (Å²) < 4.78 is 28.6. The van der Waals surface area contributed by atoms with Gasteiger partial charge in [-0.1, -0.05) is 24.3 Å². The first kappa shape index (κ1) is 21.9. The van der Waals surface area contributed by atoms with Crippen molar-refractivity contribution in [3.63, 3.8) is 0 Å². The van der Waals surface area contributed by atoms with Crippen molar-refractivity contribution < 1.29 is 13.2 Å². The van der Waals surface area contributed by atoms with Gasteiger partial charge in [0.15, 0.2) is 5.96 Å². The Labute approximate surface area is 178 Å². The van der Waals surface area contributed by atoms with Crippen molar-refractivity contribution in [2.75, 3.05) is 31.6 Å². The molecule has 0 spiro atoms. The van der Waals surface area contributed by atoms with Gasteiger partial charge in [0.2, 0.25) is 10.0 Å². The molecule has 1 atom stereocenters. The molecule has 2 aromatic rings. The Bertz CT molecular complexity index is 994. The predicted octanol–water partition coefficient (Wildman–Crippen LogP) is 1.68. The molecular weight excluding hydrogens is 402 g/mol. The van der Waals surface area contributed by atoms with Crippen LogP contribution in [0.25, 0.3) is 0 Å². The van der Waals surface area contributed by atoms with Gasteiger partial charge in [0.25, 0.3) is 0 Å². The van der Waals surface area contributed by atoms with Crippen LogP contribution in [0.4, 0.5) is 5.69 Å². The van der Waals surface area contributed by atoms with E-state index in [9.17, 15) is 8.42 Å². The second kappa shape index (κ2) is 9.82. The van der Waals surface area contributed by atoms with Crippen LogP contribution in [0.3, 0.4) is 0 Å². The molecule has 8 nitrogen and oxygen atoms in total. The van der Waals surface area contributed by atoms with E-state index in [-0.39, 0.29) is 10.9 Å². The Balaban J connectivity index is 1.66. The molecule has 1 unspecified atom stereocenters. The molecule has 1 saturated heterocycles. The van der Waals surface area contributed by atoms with E-state index in [1.807, 2.05) is 31.2 Å². The van der Waals surface area contributed by atoms with E-state index in [0.29, 0.717) is 12.5 Å². The molecule has 3 rings (SSSR count). The van der Waals surface area contributed by atoms with Crippen LogP contribution in [0, 0.1) is 0 Å². The van der Waals surface area contributed by atoms with Crippen LogP contribution in [0.1, 0.15) is 18.9 Å². The first-order valence-corrected chi connectivity index (χ1v) is 11.5. The quantitative estimate of drug-likeness (QED) is 0.455. The zero-order valence-corrected chi connectivity index (χ0v) is 18.2. The lowest BCUT2D eigenvalue weighted by Crippen LogP contribution is -2.44. The van der Waals surface area contributed by atoms with Gasteiger partial charge in [-0.3, -0.25) is 0 Å². The number of anilines is 1. The van der Waals surface area contributed by atoms with Gasteiger partial charge in [0.05, 0.1) is 24.2 Å². The summed E-state index contributed by atoms with van der Waals surface area (Å²) in [5.41, 5.74) is 1.87. The van der Waals surface area contributed by atoms with Crippen LogP contribution in [-0.4, -0.2) is 47.2 Å². The Hall–Kier alpha value is -2.78. The van der Waals surface area contributed by atoms with Gasteiger partial charge >= 0.3 is 0 Å². The van der Waals surface area contributed by atoms with E-state index >= 15 is 0 Å². The number of guanidine groups is 1. The minimum atomic E-state index is -3.73. The molecule has 0 radical (unpaired) electrons. The van der Waals surface area contributed by atoms with Crippen molar-refractivity contribution in [2.24, 2.45) is 10.1 Å². The van der Waals surface area contributed by atoms with Crippen molar-refractivity contribution in [2.45, 2.75) is 30.8 Å². The Morgan fingerprint density at radius 3 is 2.80 bits per heavy atom. The summed E-state index contributed by atoms with van der Waals surface area (Å²) in [4.78, 5) is 7.01. The topological polar surface area (TPSA) is 109 Å². The largest absolute Gasteiger partial charge is 0.495 e. The average molecular weight is 432 g/mol. The van der Waals surface area contributed by atoms with Gasteiger partial charge in [-0.2, -0.15) is 0 Å². The maximum Gasteiger partial charge on any atom is 0.238 e. The highest BCUT2D eigenvalue weighted by molar-refractivity contribution is 7.89. The van der Waals surface area contributed by atoms with Crippen LogP contribution >= 0.6 is 0 Å². The lowest BCUT2D eigenvalue weighted by atomic mass is 10.2. The van der Waals surface area contributed by atoms with Crippen LogP contribution in [-0.2, 0) is 16.6 Å². The number of aliphatic imine (C=N–C) groups is 1. The van der Waals surface area contributed by atoms with E-state index < -0.39 is 10.0 Å². The van der Waals surface area contributed by atoms with Crippen LogP contribution in [0.2, 0.25) is 0 Å². The molecule has 0 bridgehead atoms. The van der Waals surface area contributed by atoms with Crippen LogP contribution < -0.4 is 25.4 Å². The van der Waals surface area contributed by atoms with Crippen LogP contribution in [0.15, 0.2) is 58.4 Å². The van der Waals surface area contributed by atoms with E-state index in [0.717, 1.165) is 43.1 Å². The zero-order chi connectivity index (χ0) is 21.6. The standard InChI is InChI=1S/C21H29N5O3S/c1-3-23-21(24-14-16-7-6-8-18(13-16)30(22,27)28)25-17-11-12-26(15-17)19-9-4-5-10-20(19)29-2/h4-10,13,17H,3,11-12,14-15H2,1-2H3,(H2,22,27,28)(H2,23,24,25). The molecule has 9 heteroatoms. The highest BCUT2D eigenvalue weighted by atomic mass is 32.2. The number of benzene rings is 2. The molecule has 4 N–H and O–H groups in total. The fraction of sp³-hybridized carbons (Fsp3) is 0.381. The van der Waals surface area contributed by atoms with E-state index in [1.165, 1.54) is 6.07 Å². The van der Waals surface area contributed by atoms with E-state index in [1.54, 1.807) is 19.2 Å². The summed E-state index contributed by atoms with van der Waals surface area (Å²) in [5.74, 6) is 1.57. The monoisotopic (exact) mass is 431 g/mol. The van der Waals surface area contributed by atoms with Crippen LogP contribution in [0.5, 0.6) is 5.75 Å². The number of nitrogens with zero attached hydrogens (tertiary/aromatic N) is 2. The Kier molecular flexibility index (Phi) is 7.17. The maximum atomic E-state index is 11.6. The number of hydrogen-bond donors (Lipinski definition) is 3. The number of ether oxygens (including phenoxy) is 1. The average Bonchev–Trinajstić information content (AvgIpc) is 3.20. The van der Waals surface area contributed by atoms with Gasteiger partial charge in [-0.15, -0.1) is 0 Å². The number of nitrogens with one attached hydrogen (secondary N) is 2. The minimum Gasteiger partial charge on any atom is -0.495 e. The van der Waals surface area contributed by atoms with Gasteiger partial charge in [-0.05, 0) is 43.2 Å². The molecule has 0 amide bonds. The fourth-order valence-corrected chi connectivity index (χ4v) is 4.08. The highest BCUT2D eigenvalue weighted by Crippen LogP contribution is 2.30. The van der Waals surface area contributed by atoms with Crippen molar-refractivity contribution >= 4 is 21.7 Å². The molecule has 162 valence electrons. The van der Waals surface area contributed by atoms with E-state index in [2.05, 4.69) is 26.6 Å². The fourth-order valence-electron chi connectivity index (χ4n) is 3.49. The summed E-state index contributed by atoms with van der Waals surface area (Å²) in [5, 5.41) is 12.0. The van der Waals surface area contributed by atoms with Gasteiger partial charge in [0.1, 0.15) is 5.75 Å². The lowest BCUT2D eigenvalue weighted by molar-refractivity contribution is 0.415. The Morgan fingerprint density at radius 1 is 1.27 bits per heavy atom. The summed E-state index contributed by atoms with van der Waals surface area (Å²) >= 11 is 0. The third-order valence-electron chi connectivity index (χ3n) is 4.95. The van der Waals surface area contributed by atoms with Crippen molar-refractivity contribution in [3.8, 4) is 5.75 Å². The van der Waals surface area contributed by atoms with Crippen molar-refractivity contribution in [1.29, 1.82) is 0 Å². The summed E-state index contributed by atoms with van der Waals surface area (Å²) in [6.45, 7) is 4.85. The highest BCUT2D eigenvalue weighted by Gasteiger charge is 2.25. The van der Waals surface area contributed by atoms with Gasteiger partial charge in [-0.25, -0.2) is 18.5 Å². The molecule has 0 saturated carbocycles. The summed E-state index contributed by atoms with van der Waals surface area (Å²) in [6, 6.07) is 14.8. The molecular formula is C21H29N5O3S. The number of hydrogen-bond acceptors (Lipinski definition) is 5. The second-order valence-corrected chi connectivity index (χ2v) is 8.70. The molecule has 0 aliphatic carbocycles. The molecule has 1 heterocycles. The third-order valence-corrected chi connectivity index (χ3v) is 5.86. The molecule has 30 heavy (non-hydrogen) atoms. The minimum absolute atomic E-state index is 0.0939. The Morgan fingerprint density at radius 2 is 2.07 bits per heavy atom. The first-order valence-electron chi connectivity index (χ1n) is 9.95. The normalized spacial score (nSPS) is 17.1. The number of para-hydroxylation sites is 2. The number of methoxy groups -OCH3 is 1. The SMILES string of the molecule is CCNC(=NCc1cccc(S(N)(=O)=O)c1)NC1CCN(c2ccccc2OC)C1. The number of rotatable bonds is 7. The molecule has 0 aromatic heterocycles.